The van der Waals surface area contributed by atoms with Crippen LogP contribution >= 0.6 is 7.26 Å². The SMILES string of the molecule is C[PH](C)(C)C.[H+]. The third-order valence-corrected chi connectivity index (χ3v) is 0. The standard InChI is InChI=1S/C4H13P/c1-5(2,3)4/h5H,1-4H3/p+1. The van der Waals surface area contributed by atoms with Gasteiger partial charge in [0, 0.05) is 0 Å². The molecule has 0 saturated carbocycles. The molecule has 34 valence electrons. The second-order valence-electron chi connectivity index (χ2n) is 3.00. The van der Waals surface area contributed by atoms with Crippen LogP contribution in [0.5, 0.6) is 0 Å². The Kier molecular flexibility index (Phi) is 1.37. The van der Waals surface area contributed by atoms with Crippen molar-refractivity contribution in [1.82, 2.24) is 0 Å². The molecule has 0 rings (SSSR count). The molecular weight excluding hydrogens is 79.0 g/mol. The van der Waals surface area contributed by atoms with Crippen molar-refractivity contribution in [3.05, 3.63) is 0 Å². The van der Waals surface area contributed by atoms with Gasteiger partial charge in [-0.2, -0.15) is 0 Å². The summed E-state index contributed by atoms with van der Waals surface area (Å²) in [4.78, 5) is 0. The van der Waals surface area contributed by atoms with Gasteiger partial charge in [-0.15, -0.1) is 0 Å². The first-order valence-corrected chi connectivity index (χ1v) is 6.00. The van der Waals surface area contributed by atoms with Gasteiger partial charge in [-0.25, -0.2) is 0 Å². The van der Waals surface area contributed by atoms with E-state index in [1.165, 1.54) is 0 Å². The summed E-state index contributed by atoms with van der Waals surface area (Å²) in [6, 6.07) is 0. The molecule has 0 aromatic rings. The molecule has 0 bridgehead atoms. The molecule has 0 N–H and O–H groups in total. The fourth-order valence-electron chi connectivity index (χ4n) is 0. The van der Waals surface area contributed by atoms with E-state index in [1.54, 1.807) is 0 Å². The summed E-state index contributed by atoms with van der Waals surface area (Å²) in [5.41, 5.74) is 0. The van der Waals surface area contributed by atoms with Crippen LogP contribution in [0.3, 0.4) is 0 Å². The van der Waals surface area contributed by atoms with Crippen LogP contribution in [-0.2, 0) is 0 Å². The third-order valence-electron chi connectivity index (χ3n) is 0. The Morgan fingerprint density at radius 2 is 1.00 bits per heavy atom. The Bertz CT molecular complexity index is 23.0. The van der Waals surface area contributed by atoms with E-state index in [1.807, 2.05) is 0 Å². The van der Waals surface area contributed by atoms with Crippen LogP contribution in [0.2, 0.25) is 0 Å². The topological polar surface area (TPSA) is 0 Å². The van der Waals surface area contributed by atoms with Gasteiger partial charge in [-0.05, 0) is 0 Å². The van der Waals surface area contributed by atoms with E-state index in [0.717, 1.165) is 0 Å². The Balaban J connectivity index is 0. The molecular formula is C4H14P+. The Labute approximate surface area is 36.4 Å². The second kappa shape index (κ2) is 1.26. The molecule has 0 aliphatic rings. The maximum atomic E-state index is 2.33. The van der Waals surface area contributed by atoms with Crippen LogP contribution in [0.15, 0.2) is 0 Å². The van der Waals surface area contributed by atoms with Gasteiger partial charge in [0.15, 0.2) is 0 Å². The first-order valence-electron chi connectivity index (χ1n) is 2.00. The molecule has 0 heterocycles. The maximum Gasteiger partial charge on any atom is 1.00 e. The zero-order valence-corrected chi connectivity index (χ0v) is 5.50. The largest absolute Gasteiger partial charge is 1.00 e. The molecule has 5 heavy (non-hydrogen) atoms. The van der Waals surface area contributed by atoms with Crippen molar-refractivity contribution in [3.8, 4) is 0 Å². The smallest absolute Gasteiger partial charge is 1.00 e. The minimum atomic E-state index is -0.611. The average molecular weight is 93.1 g/mol. The van der Waals surface area contributed by atoms with Crippen LogP contribution in [0.4, 0.5) is 0 Å². The van der Waals surface area contributed by atoms with E-state index in [4.69, 9.17) is 0 Å². The van der Waals surface area contributed by atoms with Gasteiger partial charge in [0.05, 0.1) is 0 Å². The van der Waals surface area contributed by atoms with E-state index >= 15 is 0 Å². The van der Waals surface area contributed by atoms with Crippen LogP contribution in [-0.4, -0.2) is 26.7 Å². The number of hydrogen-bond acceptors (Lipinski definition) is 0. The summed E-state index contributed by atoms with van der Waals surface area (Å²) in [6.45, 7) is 9.31. The minimum Gasteiger partial charge on any atom is 1.00 e. The molecule has 0 aliphatic carbocycles. The molecule has 0 fully saturated rings. The average Bonchev–Trinajstić information content (AvgIpc) is 0.722. The van der Waals surface area contributed by atoms with Gasteiger partial charge in [-0.3, -0.25) is 0 Å². The van der Waals surface area contributed by atoms with Crippen molar-refractivity contribution in [2.24, 2.45) is 0 Å². The Hall–Kier alpha value is 0.430. The van der Waals surface area contributed by atoms with E-state index in [-0.39, 0.29) is 1.43 Å². The van der Waals surface area contributed by atoms with E-state index < -0.39 is 7.26 Å². The fraction of sp³-hybridized carbons (Fsp3) is 1.00. The van der Waals surface area contributed by atoms with Gasteiger partial charge in [-0.1, -0.05) is 0 Å². The molecule has 0 aliphatic heterocycles. The Morgan fingerprint density at radius 3 is 1.00 bits per heavy atom. The van der Waals surface area contributed by atoms with Crippen molar-refractivity contribution in [3.63, 3.8) is 0 Å². The van der Waals surface area contributed by atoms with Crippen molar-refractivity contribution in [1.29, 1.82) is 0 Å². The van der Waals surface area contributed by atoms with E-state index in [0.29, 0.717) is 0 Å². The molecule has 1 heteroatoms. The quantitative estimate of drug-likeness (QED) is 0.397. The Morgan fingerprint density at radius 1 is 1.00 bits per heavy atom. The monoisotopic (exact) mass is 93.1 g/mol. The first kappa shape index (κ1) is 5.43. The maximum absolute atomic E-state index is 2.33. The predicted octanol–water partition coefficient (Wildman–Crippen LogP) is 1.37. The number of hydrogen-bond donors (Lipinski definition) is 0. The normalized spacial score (nSPS) is 15.2. The van der Waals surface area contributed by atoms with Crippen LogP contribution in [0.25, 0.3) is 0 Å². The summed E-state index contributed by atoms with van der Waals surface area (Å²) < 4.78 is 0. The zero-order chi connectivity index (χ0) is 4.50. The minimum absolute atomic E-state index is 0. The molecule has 0 aromatic heterocycles. The fourth-order valence-corrected chi connectivity index (χ4v) is 0. The summed E-state index contributed by atoms with van der Waals surface area (Å²) in [5, 5.41) is 0. The van der Waals surface area contributed by atoms with Crippen LogP contribution in [0.1, 0.15) is 1.43 Å². The van der Waals surface area contributed by atoms with Crippen LogP contribution in [0, 0.1) is 0 Å². The van der Waals surface area contributed by atoms with Gasteiger partial charge in [0.1, 0.15) is 0 Å². The van der Waals surface area contributed by atoms with Crippen molar-refractivity contribution in [2.45, 2.75) is 0 Å². The molecule has 0 amide bonds. The van der Waals surface area contributed by atoms with Crippen LogP contribution < -0.4 is 0 Å². The van der Waals surface area contributed by atoms with Gasteiger partial charge in [0.25, 0.3) is 0 Å². The summed E-state index contributed by atoms with van der Waals surface area (Å²) >= 11 is 0. The van der Waals surface area contributed by atoms with Crippen molar-refractivity contribution < 1.29 is 1.43 Å². The molecule has 0 nitrogen and oxygen atoms in total. The van der Waals surface area contributed by atoms with Gasteiger partial charge in [0.2, 0.25) is 0 Å². The number of rotatable bonds is 0. The summed E-state index contributed by atoms with van der Waals surface area (Å²) in [5.74, 6) is 0. The molecule has 0 aromatic carbocycles. The van der Waals surface area contributed by atoms with E-state index in [9.17, 15) is 0 Å². The molecule has 0 spiro atoms. The van der Waals surface area contributed by atoms with Crippen molar-refractivity contribution in [2.75, 3.05) is 26.7 Å². The summed E-state index contributed by atoms with van der Waals surface area (Å²) in [6.07, 6.45) is 0. The van der Waals surface area contributed by atoms with Crippen molar-refractivity contribution >= 4 is 7.26 Å². The molecule has 0 atom stereocenters. The van der Waals surface area contributed by atoms with E-state index in [2.05, 4.69) is 26.7 Å². The molecule has 0 unspecified atom stereocenters. The second-order valence-corrected chi connectivity index (χ2v) is 9.00. The predicted molar refractivity (Wildman–Crippen MR) is 33.1 cm³/mol. The summed E-state index contributed by atoms with van der Waals surface area (Å²) in [7, 11) is -0.611. The zero-order valence-electron chi connectivity index (χ0n) is 5.50. The molecule has 0 saturated heterocycles. The van der Waals surface area contributed by atoms with Gasteiger partial charge < -0.3 is 0 Å². The first-order chi connectivity index (χ1) is 2.00. The van der Waals surface area contributed by atoms with Gasteiger partial charge >= 0.3 is 35.3 Å². The third kappa shape index (κ3) is 141. The molecule has 0 radical (unpaired) electrons.